The summed E-state index contributed by atoms with van der Waals surface area (Å²) in [7, 11) is 0. The molecule has 2 aliphatic heterocycles. The summed E-state index contributed by atoms with van der Waals surface area (Å²) in [4.78, 5) is 30.4. The molecule has 1 aromatic carbocycles. The van der Waals surface area contributed by atoms with Crippen molar-refractivity contribution in [2.24, 2.45) is 5.92 Å². The Balaban J connectivity index is 1.58. The van der Waals surface area contributed by atoms with E-state index in [4.69, 9.17) is 11.6 Å². The SMILES string of the molecule is CC(C)N1CC(C(=O)N2CCN(c3ccc(F)c(Cl)c3)CC2)CC1=O. The number of nitrogens with zero attached hydrogens (tertiary/aromatic N) is 3. The average molecular weight is 368 g/mol. The molecule has 5 nitrogen and oxygen atoms in total. The first-order valence-corrected chi connectivity index (χ1v) is 9.03. The molecular weight excluding hydrogens is 345 g/mol. The Hall–Kier alpha value is -1.82. The predicted octanol–water partition coefficient (Wildman–Crippen LogP) is 2.38. The molecule has 0 saturated carbocycles. The standard InChI is InChI=1S/C18H23ClFN3O2/c1-12(2)23-11-13(9-17(23)24)18(25)22-7-5-21(6-8-22)14-3-4-16(20)15(19)10-14/h3-4,10,12-13H,5-9,11H2,1-2H3. The van der Waals surface area contributed by atoms with Crippen LogP contribution in [-0.2, 0) is 9.59 Å². The lowest BCUT2D eigenvalue weighted by molar-refractivity contribution is -0.136. The van der Waals surface area contributed by atoms with Crippen LogP contribution in [-0.4, -0.2) is 60.4 Å². The normalized spacial score (nSPS) is 21.4. The number of likely N-dealkylation sites (tertiary alicyclic amines) is 1. The van der Waals surface area contributed by atoms with Gasteiger partial charge >= 0.3 is 0 Å². The largest absolute Gasteiger partial charge is 0.368 e. The number of piperazine rings is 1. The van der Waals surface area contributed by atoms with E-state index in [1.165, 1.54) is 6.07 Å². The van der Waals surface area contributed by atoms with Crippen molar-refractivity contribution >= 4 is 29.1 Å². The Labute approximate surface area is 152 Å². The van der Waals surface area contributed by atoms with Crippen LogP contribution in [0.2, 0.25) is 5.02 Å². The molecule has 1 atom stereocenters. The highest BCUT2D eigenvalue weighted by Gasteiger charge is 2.38. The Bertz CT molecular complexity index is 674. The molecule has 3 rings (SSSR count). The number of anilines is 1. The molecule has 0 spiro atoms. The number of benzene rings is 1. The van der Waals surface area contributed by atoms with Crippen LogP contribution in [0.5, 0.6) is 0 Å². The fourth-order valence-corrected chi connectivity index (χ4v) is 3.70. The Morgan fingerprint density at radius 3 is 2.48 bits per heavy atom. The highest BCUT2D eigenvalue weighted by molar-refractivity contribution is 6.31. The molecule has 7 heteroatoms. The van der Waals surface area contributed by atoms with Gasteiger partial charge in [0.15, 0.2) is 0 Å². The molecule has 0 N–H and O–H groups in total. The summed E-state index contributed by atoms with van der Waals surface area (Å²) in [6.07, 6.45) is 0.310. The van der Waals surface area contributed by atoms with E-state index in [0.29, 0.717) is 39.1 Å². The van der Waals surface area contributed by atoms with Crippen molar-refractivity contribution in [3.63, 3.8) is 0 Å². The molecule has 2 fully saturated rings. The molecule has 2 heterocycles. The van der Waals surface area contributed by atoms with Crippen LogP contribution in [0.3, 0.4) is 0 Å². The molecule has 1 unspecified atom stereocenters. The first-order chi connectivity index (χ1) is 11.9. The Morgan fingerprint density at radius 1 is 1.24 bits per heavy atom. The summed E-state index contributed by atoms with van der Waals surface area (Å²) in [6.45, 7) is 6.99. The Kier molecular flexibility index (Phi) is 5.18. The quantitative estimate of drug-likeness (QED) is 0.824. The number of hydrogen-bond acceptors (Lipinski definition) is 3. The zero-order valence-electron chi connectivity index (χ0n) is 14.5. The molecule has 2 aliphatic rings. The molecule has 2 amide bonds. The maximum atomic E-state index is 13.3. The van der Waals surface area contributed by atoms with Gasteiger partial charge in [0, 0.05) is 50.9 Å². The highest BCUT2D eigenvalue weighted by atomic mass is 35.5. The van der Waals surface area contributed by atoms with Gasteiger partial charge in [-0.2, -0.15) is 0 Å². The summed E-state index contributed by atoms with van der Waals surface area (Å²) in [6, 6.07) is 4.81. The summed E-state index contributed by atoms with van der Waals surface area (Å²) in [5.74, 6) is -0.539. The summed E-state index contributed by atoms with van der Waals surface area (Å²) in [5.41, 5.74) is 0.862. The van der Waals surface area contributed by atoms with Crippen LogP contribution in [0.25, 0.3) is 0 Å². The molecule has 0 aromatic heterocycles. The number of rotatable bonds is 3. The molecule has 1 aromatic rings. The second-order valence-electron chi connectivity index (χ2n) is 6.95. The lowest BCUT2D eigenvalue weighted by Gasteiger charge is -2.37. The van der Waals surface area contributed by atoms with Crippen molar-refractivity contribution in [2.75, 3.05) is 37.6 Å². The average Bonchev–Trinajstić information content (AvgIpc) is 2.99. The van der Waals surface area contributed by atoms with E-state index in [9.17, 15) is 14.0 Å². The monoisotopic (exact) mass is 367 g/mol. The van der Waals surface area contributed by atoms with E-state index in [0.717, 1.165) is 5.69 Å². The van der Waals surface area contributed by atoms with Crippen molar-refractivity contribution in [1.82, 2.24) is 9.80 Å². The minimum Gasteiger partial charge on any atom is -0.368 e. The molecule has 2 saturated heterocycles. The van der Waals surface area contributed by atoms with E-state index < -0.39 is 5.82 Å². The van der Waals surface area contributed by atoms with Gasteiger partial charge in [0.2, 0.25) is 11.8 Å². The molecule has 25 heavy (non-hydrogen) atoms. The summed E-state index contributed by atoms with van der Waals surface area (Å²) >= 11 is 5.85. The van der Waals surface area contributed by atoms with Gasteiger partial charge in [-0.25, -0.2) is 4.39 Å². The molecule has 0 radical (unpaired) electrons. The van der Waals surface area contributed by atoms with Gasteiger partial charge in [0.25, 0.3) is 0 Å². The van der Waals surface area contributed by atoms with Crippen molar-refractivity contribution in [2.45, 2.75) is 26.3 Å². The number of hydrogen-bond donors (Lipinski definition) is 0. The maximum Gasteiger partial charge on any atom is 0.228 e. The topological polar surface area (TPSA) is 43.9 Å². The minimum atomic E-state index is -0.431. The maximum absolute atomic E-state index is 13.3. The van der Waals surface area contributed by atoms with Crippen LogP contribution in [0, 0.1) is 11.7 Å². The van der Waals surface area contributed by atoms with Gasteiger partial charge in [0.1, 0.15) is 5.82 Å². The second kappa shape index (κ2) is 7.20. The van der Waals surface area contributed by atoms with E-state index in [-0.39, 0.29) is 28.8 Å². The third-order valence-electron chi connectivity index (χ3n) is 4.99. The van der Waals surface area contributed by atoms with Gasteiger partial charge in [-0.15, -0.1) is 0 Å². The van der Waals surface area contributed by atoms with Gasteiger partial charge in [-0.1, -0.05) is 11.6 Å². The Morgan fingerprint density at radius 2 is 1.92 bits per heavy atom. The fraction of sp³-hybridized carbons (Fsp3) is 0.556. The number of amides is 2. The molecular formula is C18H23ClFN3O2. The van der Waals surface area contributed by atoms with Crippen molar-refractivity contribution in [3.8, 4) is 0 Å². The predicted molar refractivity (Wildman–Crippen MR) is 95.2 cm³/mol. The van der Waals surface area contributed by atoms with Crippen LogP contribution in [0.15, 0.2) is 18.2 Å². The lowest BCUT2D eigenvalue weighted by atomic mass is 10.1. The first kappa shape index (κ1) is 18.0. The smallest absolute Gasteiger partial charge is 0.228 e. The van der Waals surface area contributed by atoms with Crippen LogP contribution in [0.1, 0.15) is 20.3 Å². The number of halogens is 2. The number of carbonyl (C=O) groups is 2. The van der Waals surface area contributed by atoms with Gasteiger partial charge in [-0.3, -0.25) is 9.59 Å². The fourth-order valence-electron chi connectivity index (χ4n) is 3.52. The van der Waals surface area contributed by atoms with Crippen molar-refractivity contribution in [3.05, 3.63) is 29.0 Å². The van der Waals surface area contributed by atoms with Crippen molar-refractivity contribution < 1.29 is 14.0 Å². The van der Waals surface area contributed by atoms with E-state index in [1.54, 1.807) is 17.0 Å². The van der Waals surface area contributed by atoms with Crippen LogP contribution < -0.4 is 4.90 Å². The summed E-state index contributed by atoms with van der Waals surface area (Å²) in [5, 5.41) is 0.106. The van der Waals surface area contributed by atoms with Gasteiger partial charge in [-0.05, 0) is 32.0 Å². The van der Waals surface area contributed by atoms with Crippen molar-refractivity contribution in [1.29, 1.82) is 0 Å². The molecule has 0 bridgehead atoms. The van der Waals surface area contributed by atoms with Gasteiger partial charge in [0.05, 0.1) is 10.9 Å². The van der Waals surface area contributed by atoms with E-state index in [1.807, 2.05) is 18.7 Å². The first-order valence-electron chi connectivity index (χ1n) is 8.65. The van der Waals surface area contributed by atoms with E-state index >= 15 is 0 Å². The van der Waals surface area contributed by atoms with E-state index in [2.05, 4.69) is 4.90 Å². The minimum absolute atomic E-state index is 0.0629. The van der Waals surface area contributed by atoms with Crippen LogP contribution >= 0.6 is 11.6 Å². The van der Waals surface area contributed by atoms with Crippen LogP contribution in [0.4, 0.5) is 10.1 Å². The molecule has 136 valence electrons. The second-order valence-corrected chi connectivity index (χ2v) is 7.36. The lowest BCUT2D eigenvalue weighted by Crippen LogP contribution is -2.50. The summed E-state index contributed by atoms with van der Waals surface area (Å²) < 4.78 is 13.3. The molecule has 0 aliphatic carbocycles. The number of carbonyl (C=O) groups excluding carboxylic acids is 2. The highest BCUT2D eigenvalue weighted by Crippen LogP contribution is 2.25. The third-order valence-corrected chi connectivity index (χ3v) is 5.28. The zero-order chi connectivity index (χ0) is 18.1. The third kappa shape index (κ3) is 3.73. The van der Waals surface area contributed by atoms with Gasteiger partial charge < -0.3 is 14.7 Å². The zero-order valence-corrected chi connectivity index (χ0v) is 15.3.